The molecule has 0 saturated carbocycles. The number of rotatable bonds is 5. The quantitative estimate of drug-likeness (QED) is 0.497. The van der Waals surface area contributed by atoms with Gasteiger partial charge in [0.2, 0.25) is 5.91 Å². The number of carbonyl (C=O) groups excluding carboxylic acids is 1. The van der Waals surface area contributed by atoms with Gasteiger partial charge in [-0.2, -0.15) is 0 Å². The van der Waals surface area contributed by atoms with E-state index in [0.29, 0.717) is 0 Å². The van der Waals surface area contributed by atoms with Crippen molar-refractivity contribution >= 4 is 23.5 Å². The Morgan fingerprint density at radius 3 is 2.58 bits per heavy atom. The molecule has 0 rings (SSSR count). The third-order valence-corrected chi connectivity index (χ3v) is 1.46. The van der Waals surface area contributed by atoms with E-state index in [1.165, 1.54) is 0 Å². The van der Waals surface area contributed by atoms with Crippen LogP contribution >= 0.6 is 11.6 Å². The van der Waals surface area contributed by atoms with Crippen LogP contribution in [0.25, 0.3) is 0 Å². The Labute approximate surface area is 74.9 Å². The zero-order valence-electron chi connectivity index (χ0n) is 6.42. The van der Waals surface area contributed by atoms with Crippen LogP contribution in [0.1, 0.15) is 6.42 Å². The predicted octanol–water partition coefficient (Wildman–Crippen LogP) is -0.857. The molecule has 0 aromatic rings. The molecule has 0 saturated heterocycles. The van der Waals surface area contributed by atoms with E-state index in [4.69, 9.17) is 22.4 Å². The molecule has 70 valence electrons. The number of carbonyl (C=O) groups is 2. The van der Waals surface area contributed by atoms with Crippen LogP contribution in [0.15, 0.2) is 0 Å². The van der Waals surface area contributed by atoms with Crippen LogP contribution in [0.2, 0.25) is 0 Å². The second-order valence-corrected chi connectivity index (χ2v) is 2.48. The number of halogens is 1. The van der Waals surface area contributed by atoms with E-state index in [2.05, 4.69) is 5.32 Å². The highest BCUT2D eigenvalue weighted by Gasteiger charge is 2.10. The van der Waals surface area contributed by atoms with Crippen molar-refractivity contribution in [2.24, 2.45) is 5.73 Å². The van der Waals surface area contributed by atoms with E-state index in [-0.39, 0.29) is 24.8 Å². The number of hydrogen-bond donors (Lipinski definition) is 3. The van der Waals surface area contributed by atoms with E-state index in [1.807, 2.05) is 0 Å². The summed E-state index contributed by atoms with van der Waals surface area (Å²) in [5.74, 6) is -1.52. The molecule has 6 heteroatoms. The van der Waals surface area contributed by atoms with Crippen molar-refractivity contribution in [3.63, 3.8) is 0 Å². The third kappa shape index (κ3) is 4.92. The minimum atomic E-state index is -1.07. The molecule has 0 radical (unpaired) electrons. The number of nitrogens with two attached hydrogens (primary N) is 1. The van der Waals surface area contributed by atoms with Gasteiger partial charge in [0.25, 0.3) is 0 Å². The summed E-state index contributed by atoms with van der Waals surface area (Å²) in [4.78, 5) is 20.7. The maximum absolute atomic E-state index is 10.5. The molecule has 0 aliphatic heterocycles. The van der Waals surface area contributed by atoms with E-state index < -0.39 is 12.0 Å². The lowest BCUT2D eigenvalue weighted by Gasteiger charge is -2.06. The maximum Gasteiger partial charge on any atom is 0.320 e. The summed E-state index contributed by atoms with van der Waals surface area (Å²) < 4.78 is 0. The Morgan fingerprint density at radius 2 is 2.17 bits per heavy atom. The molecule has 12 heavy (non-hydrogen) atoms. The fourth-order valence-corrected chi connectivity index (χ4v) is 0.632. The number of alkyl halides is 1. The zero-order chi connectivity index (χ0) is 9.56. The van der Waals surface area contributed by atoms with Gasteiger partial charge in [0.05, 0.1) is 0 Å². The number of aliphatic carboxylic acids is 1. The average Bonchev–Trinajstić information content (AvgIpc) is 2.03. The minimum absolute atomic E-state index is 0.123. The van der Waals surface area contributed by atoms with Crippen LogP contribution < -0.4 is 11.1 Å². The summed E-state index contributed by atoms with van der Waals surface area (Å²) in [5, 5.41) is 10.7. The molecular weight excluding hydrogens is 184 g/mol. The molecule has 0 fully saturated rings. The van der Waals surface area contributed by atoms with Gasteiger partial charge >= 0.3 is 5.97 Å². The molecule has 0 aromatic carbocycles. The fraction of sp³-hybridized carbons (Fsp3) is 0.667. The van der Waals surface area contributed by atoms with Gasteiger partial charge < -0.3 is 16.2 Å². The second-order valence-electron chi connectivity index (χ2n) is 2.22. The topological polar surface area (TPSA) is 92.4 Å². The molecule has 4 N–H and O–H groups in total. The molecule has 0 heterocycles. The SMILES string of the molecule is N[C@H](CCNC(=O)CCl)C(=O)O. The van der Waals surface area contributed by atoms with Crippen LogP contribution in [0.4, 0.5) is 0 Å². The number of carboxylic acid groups (broad SMARTS) is 1. The largest absolute Gasteiger partial charge is 0.480 e. The van der Waals surface area contributed by atoms with E-state index >= 15 is 0 Å². The summed E-state index contributed by atoms with van der Waals surface area (Å²) in [7, 11) is 0. The van der Waals surface area contributed by atoms with E-state index in [1.54, 1.807) is 0 Å². The highest BCUT2D eigenvalue weighted by Crippen LogP contribution is 1.86. The van der Waals surface area contributed by atoms with Crippen molar-refractivity contribution in [3.05, 3.63) is 0 Å². The number of hydrogen-bond acceptors (Lipinski definition) is 3. The number of nitrogens with one attached hydrogen (secondary N) is 1. The third-order valence-electron chi connectivity index (χ3n) is 1.22. The molecule has 1 atom stereocenters. The Balaban J connectivity index is 3.43. The first-order chi connectivity index (χ1) is 5.57. The van der Waals surface area contributed by atoms with Crippen molar-refractivity contribution in [3.8, 4) is 0 Å². The lowest BCUT2D eigenvalue weighted by atomic mass is 10.2. The van der Waals surface area contributed by atoms with Crippen LogP contribution in [0, 0.1) is 0 Å². The number of carboxylic acids is 1. The van der Waals surface area contributed by atoms with Gasteiger partial charge in [-0.3, -0.25) is 9.59 Å². The Kier molecular flexibility index (Phi) is 5.40. The van der Waals surface area contributed by atoms with Crippen LogP contribution in [0.3, 0.4) is 0 Å². The smallest absolute Gasteiger partial charge is 0.320 e. The molecule has 1 amide bonds. The molecule has 0 spiro atoms. The summed E-state index contributed by atoms with van der Waals surface area (Å²) in [6.45, 7) is 0.235. The van der Waals surface area contributed by atoms with Gasteiger partial charge in [0.15, 0.2) is 0 Å². The van der Waals surface area contributed by atoms with Crippen LogP contribution in [0.5, 0.6) is 0 Å². The van der Waals surface area contributed by atoms with Crippen LogP contribution in [-0.4, -0.2) is 35.4 Å². The minimum Gasteiger partial charge on any atom is -0.480 e. The van der Waals surface area contributed by atoms with Gasteiger partial charge in [-0.25, -0.2) is 0 Å². The van der Waals surface area contributed by atoms with E-state index in [9.17, 15) is 9.59 Å². The first kappa shape index (κ1) is 11.2. The van der Waals surface area contributed by atoms with Gasteiger partial charge in [-0.1, -0.05) is 0 Å². The first-order valence-corrected chi connectivity index (χ1v) is 3.92. The molecular formula is C6H11ClN2O3. The molecule has 0 bridgehead atoms. The van der Waals surface area contributed by atoms with Gasteiger partial charge in [-0.15, -0.1) is 11.6 Å². The zero-order valence-corrected chi connectivity index (χ0v) is 7.17. The second kappa shape index (κ2) is 5.79. The molecule has 0 aromatic heterocycles. The first-order valence-electron chi connectivity index (χ1n) is 3.39. The average molecular weight is 195 g/mol. The molecule has 0 aliphatic rings. The lowest BCUT2D eigenvalue weighted by Crippen LogP contribution is -2.35. The normalized spacial score (nSPS) is 12.2. The number of amides is 1. The van der Waals surface area contributed by atoms with Crippen molar-refractivity contribution in [2.45, 2.75) is 12.5 Å². The molecule has 0 aliphatic carbocycles. The summed E-state index contributed by atoms with van der Waals surface area (Å²) in [6.07, 6.45) is 0.206. The van der Waals surface area contributed by atoms with Gasteiger partial charge in [-0.05, 0) is 6.42 Å². The van der Waals surface area contributed by atoms with Crippen molar-refractivity contribution in [1.29, 1.82) is 0 Å². The Morgan fingerprint density at radius 1 is 1.58 bits per heavy atom. The van der Waals surface area contributed by atoms with Gasteiger partial charge in [0.1, 0.15) is 11.9 Å². The van der Waals surface area contributed by atoms with Crippen LogP contribution in [-0.2, 0) is 9.59 Å². The van der Waals surface area contributed by atoms with Gasteiger partial charge in [0, 0.05) is 6.54 Å². The van der Waals surface area contributed by atoms with Crippen molar-refractivity contribution < 1.29 is 14.7 Å². The maximum atomic E-state index is 10.5. The monoisotopic (exact) mass is 194 g/mol. The Bertz CT molecular complexity index is 174. The standard InChI is InChI=1S/C6H11ClN2O3/c7-3-5(10)9-2-1-4(8)6(11)12/h4H,1-3,8H2,(H,9,10)(H,11,12)/t4-/m1/s1. The Hall–Kier alpha value is -0.810. The fourth-order valence-electron chi connectivity index (χ4n) is 0.538. The van der Waals surface area contributed by atoms with Crippen molar-refractivity contribution in [1.82, 2.24) is 5.32 Å². The highest BCUT2D eigenvalue weighted by atomic mass is 35.5. The van der Waals surface area contributed by atoms with Crippen molar-refractivity contribution in [2.75, 3.05) is 12.4 Å². The van der Waals surface area contributed by atoms with E-state index in [0.717, 1.165) is 0 Å². The predicted molar refractivity (Wildman–Crippen MR) is 44.0 cm³/mol. The summed E-state index contributed by atoms with van der Waals surface area (Å²) in [5.41, 5.74) is 5.16. The molecule has 5 nitrogen and oxygen atoms in total. The lowest BCUT2D eigenvalue weighted by molar-refractivity contribution is -0.138. The highest BCUT2D eigenvalue weighted by molar-refractivity contribution is 6.27. The molecule has 0 unspecified atom stereocenters. The summed E-state index contributed by atoms with van der Waals surface area (Å²) in [6, 6.07) is -0.930. The summed E-state index contributed by atoms with van der Waals surface area (Å²) >= 11 is 5.17.